The van der Waals surface area contributed by atoms with Gasteiger partial charge in [-0.1, -0.05) is 29.3 Å². The minimum absolute atomic E-state index is 0.0192. The van der Waals surface area contributed by atoms with E-state index in [1.54, 1.807) is 24.3 Å². The minimum Gasteiger partial charge on any atom is -0.369 e. The zero-order valence-electron chi connectivity index (χ0n) is 13.7. The number of piperazine rings is 1. The molecule has 0 unspecified atom stereocenters. The third-order valence-electron chi connectivity index (χ3n) is 4.19. The monoisotopic (exact) mass is 399 g/mol. The average Bonchev–Trinajstić information content (AvgIpc) is 2.58. The van der Waals surface area contributed by atoms with Crippen molar-refractivity contribution in [3.8, 4) is 0 Å². The van der Waals surface area contributed by atoms with Crippen LogP contribution in [-0.4, -0.2) is 46.5 Å². The predicted octanol–water partition coefficient (Wildman–Crippen LogP) is 3.55. The Kier molecular flexibility index (Phi) is 5.43. The van der Waals surface area contributed by atoms with E-state index in [-0.39, 0.29) is 14.9 Å². The van der Waals surface area contributed by atoms with Gasteiger partial charge >= 0.3 is 0 Å². The molecule has 3 rings (SSSR count). The summed E-state index contributed by atoms with van der Waals surface area (Å²) in [6.07, 6.45) is 0. The van der Waals surface area contributed by atoms with Crippen LogP contribution < -0.4 is 9.62 Å². The summed E-state index contributed by atoms with van der Waals surface area (Å²) < 4.78 is 27.6. The summed E-state index contributed by atoms with van der Waals surface area (Å²) in [4.78, 5) is 4.53. The molecular formula is C17H19Cl2N3O2S. The molecule has 1 saturated heterocycles. The van der Waals surface area contributed by atoms with Crippen LogP contribution in [0.15, 0.2) is 47.4 Å². The third-order valence-corrected chi connectivity index (χ3v) is 6.55. The van der Waals surface area contributed by atoms with Gasteiger partial charge in [-0.3, -0.25) is 4.72 Å². The first kappa shape index (κ1) is 18.3. The number of nitrogens with one attached hydrogen (secondary N) is 1. The second-order valence-electron chi connectivity index (χ2n) is 5.99. The van der Waals surface area contributed by atoms with Crippen LogP contribution in [-0.2, 0) is 10.0 Å². The fraction of sp³-hybridized carbons (Fsp3) is 0.294. The van der Waals surface area contributed by atoms with Crippen LogP contribution in [0.2, 0.25) is 10.0 Å². The van der Waals surface area contributed by atoms with E-state index in [9.17, 15) is 8.42 Å². The van der Waals surface area contributed by atoms with Crippen molar-refractivity contribution in [1.29, 1.82) is 0 Å². The van der Waals surface area contributed by atoms with Crippen LogP contribution in [0.3, 0.4) is 0 Å². The Bertz CT molecular complexity index is 849. The molecule has 0 radical (unpaired) electrons. The molecule has 0 atom stereocenters. The van der Waals surface area contributed by atoms with Gasteiger partial charge in [-0.2, -0.15) is 0 Å². The number of rotatable bonds is 4. The van der Waals surface area contributed by atoms with E-state index in [1.807, 2.05) is 12.1 Å². The lowest BCUT2D eigenvalue weighted by Gasteiger charge is -2.34. The van der Waals surface area contributed by atoms with Gasteiger partial charge in [0.25, 0.3) is 10.0 Å². The van der Waals surface area contributed by atoms with E-state index >= 15 is 0 Å². The summed E-state index contributed by atoms with van der Waals surface area (Å²) >= 11 is 11.9. The van der Waals surface area contributed by atoms with Crippen LogP contribution >= 0.6 is 23.2 Å². The Morgan fingerprint density at radius 2 is 1.60 bits per heavy atom. The van der Waals surface area contributed by atoms with E-state index in [1.165, 1.54) is 6.07 Å². The predicted molar refractivity (Wildman–Crippen MR) is 103 cm³/mol. The van der Waals surface area contributed by atoms with Crippen LogP contribution in [0.5, 0.6) is 0 Å². The van der Waals surface area contributed by atoms with Crippen molar-refractivity contribution in [1.82, 2.24) is 4.90 Å². The normalized spacial score (nSPS) is 16.0. The zero-order chi connectivity index (χ0) is 18.0. The Morgan fingerprint density at radius 1 is 0.960 bits per heavy atom. The topological polar surface area (TPSA) is 52.6 Å². The van der Waals surface area contributed by atoms with Crippen molar-refractivity contribution in [2.24, 2.45) is 0 Å². The molecule has 1 heterocycles. The molecule has 1 aliphatic heterocycles. The van der Waals surface area contributed by atoms with Crippen LogP contribution in [0.25, 0.3) is 0 Å². The standard InChI is InChI=1S/C17H19Cl2N3O2S/c1-21-9-11-22(12-10-21)14-7-5-13(6-8-14)20-25(23,24)16-4-2-3-15(18)17(16)19/h2-8,20H,9-12H2,1H3. The molecule has 0 amide bonds. The van der Waals surface area contributed by atoms with Gasteiger partial charge in [-0.05, 0) is 43.4 Å². The molecule has 1 fully saturated rings. The molecule has 2 aromatic rings. The fourth-order valence-electron chi connectivity index (χ4n) is 2.71. The van der Waals surface area contributed by atoms with Crippen molar-refractivity contribution >= 4 is 44.6 Å². The lowest BCUT2D eigenvalue weighted by Crippen LogP contribution is -2.44. The lowest BCUT2D eigenvalue weighted by atomic mass is 10.2. The highest BCUT2D eigenvalue weighted by Gasteiger charge is 2.20. The summed E-state index contributed by atoms with van der Waals surface area (Å²) in [7, 11) is -1.69. The quantitative estimate of drug-likeness (QED) is 0.853. The molecule has 0 aromatic heterocycles. The van der Waals surface area contributed by atoms with Gasteiger partial charge in [0, 0.05) is 37.6 Å². The first-order chi connectivity index (χ1) is 11.9. The van der Waals surface area contributed by atoms with E-state index in [4.69, 9.17) is 23.2 Å². The fourth-order valence-corrected chi connectivity index (χ4v) is 4.53. The Hall–Kier alpha value is -1.47. The summed E-state index contributed by atoms with van der Waals surface area (Å²) in [5, 5.41) is 0.223. The summed E-state index contributed by atoms with van der Waals surface area (Å²) in [5.41, 5.74) is 1.56. The largest absolute Gasteiger partial charge is 0.369 e. The molecule has 8 heteroatoms. The van der Waals surface area contributed by atoms with E-state index in [0.717, 1.165) is 31.9 Å². The number of hydrogen-bond donors (Lipinski definition) is 1. The molecular weight excluding hydrogens is 381 g/mol. The Morgan fingerprint density at radius 3 is 2.24 bits per heavy atom. The van der Waals surface area contributed by atoms with Crippen LogP contribution in [0, 0.1) is 0 Å². The minimum atomic E-state index is -3.80. The molecule has 25 heavy (non-hydrogen) atoms. The summed E-state index contributed by atoms with van der Waals surface area (Å²) in [6, 6.07) is 11.9. The number of benzene rings is 2. The maximum absolute atomic E-state index is 12.5. The maximum atomic E-state index is 12.5. The first-order valence-electron chi connectivity index (χ1n) is 7.87. The van der Waals surface area contributed by atoms with Crippen LogP contribution in [0.4, 0.5) is 11.4 Å². The van der Waals surface area contributed by atoms with Crippen molar-refractivity contribution in [3.63, 3.8) is 0 Å². The molecule has 0 bridgehead atoms. The molecule has 1 aliphatic rings. The summed E-state index contributed by atoms with van der Waals surface area (Å²) in [6.45, 7) is 3.95. The van der Waals surface area contributed by atoms with Crippen molar-refractivity contribution in [2.45, 2.75) is 4.90 Å². The third kappa shape index (κ3) is 4.20. The summed E-state index contributed by atoms with van der Waals surface area (Å²) in [5.74, 6) is 0. The van der Waals surface area contributed by atoms with Crippen molar-refractivity contribution in [3.05, 3.63) is 52.5 Å². The van der Waals surface area contributed by atoms with Crippen molar-refractivity contribution < 1.29 is 8.42 Å². The Balaban J connectivity index is 1.76. The first-order valence-corrected chi connectivity index (χ1v) is 10.1. The number of halogens is 2. The highest BCUT2D eigenvalue weighted by Crippen LogP contribution is 2.30. The molecule has 1 N–H and O–H groups in total. The van der Waals surface area contributed by atoms with Gasteiger partial charge < -0.3 is 9.80 Å². The Labute approximate surface area is 158 Å². The number of anilines is 2. The molecule has 2 aromatic carbocycles. The number of nitrogens with zero attached hydrogens (tertiary/aromatic N) is 2. The molecule has 0 saturated carbocycles. The van der Waals surface area contributed by atoms with Crippen molar-refractivity contribution in [2.75, 3.05) is 42.8 Å². The lowest BCUT2D eigenvalue weighted by molar-refractivity contribution is 0.313. The smallest absolute Gasteiger partial charge is 0.263 e. The van der Waals surface area contributed by atoms with Crippen LogP contribution in [0.1, 0.15) is 0 Å². The van der Waals surface area contributed by atoms with Gasteiger partial charge in [-0.15, -0.1) is 0 Å². The maximum Gasteiger partial charge on any atom is 0.263 e. The highest BCUT2D eigenvalue weighted by atomic mass is 35.5. The number of hydrogen-bond acceptors (Lipinski definition) is 4. The van der Waals surface area contributed by atoms with Gasteiger partial charge in [0.1, 0.15) is 4.90 Å². The highest BCUT2D eigenvalue weighted by molar-refractivity contribution is 7.92. The van der Waals surface area contributed by atoms with Gasteiger partial charge in [0.15, 0.2) is 0 Å². The van der Waals surface area contributed by atoms with E-state index in [2.05, 4.69) is 21.6 Å². The van der Waals surface area contributed by atoms with E-state index in [0.29, 0.717) is 5.69 Å². The van der Waals surface area contributed by atoms with E-state index < -0.39 is 10.0 Å². The SMILES string of the molecule is CN1CCN(c2ccc(NS(=O)(=O)c3cccc(Cl)c3Cl)cc2)CC1. The van der Waals surface area contributed by atoms with Gasteiger partial charge in [0.2, 0.25) is 0 Å². The molecule has 134 valence electrons. The van der Waals surface area contributed by atoms with Gasteiger partial charge in [0.05, 0.1) is 10.0 Å². The van der Waals surface area contributed by atoms with Gasteiger partial charge in [-0.25, -0.2) is 8.42 Å². The molecule has 0 spiro atoms. The molecule has 5 nitrogen and oxygen atoms in total. The zero-order valence-corrected chi connectivity index (χ0v) is 16.1. The second-order valence-corrected chi connectivity index (χ2v) is 8.43. The molecule has 0 aliphatic carbocycles. The number of likely N-dealkylation sites (N-methyl/N-ethyl adjacent to an activating group) is 1. The average molecular weight is 400 g/mol. The second kappa shape index (κ2) is 7.41. The number of sulfonamides is 1.